The van der Waals surface area contributed by atoms with Gasteiger partial charge < -0.3 is 18.5 Å². The molecule has 0 aromatic carbocycles. The van der Waals surface area contributed by atoms with Gasteiger partial charge in [-0.15, -0.1) is 0 Å². The van der Waals surface area contributed by atoms with Gasteiger partial charge in [0.05, 0.1) is 0 Å². The van der Waals surface area contributed by atoms with Crippen molar-refractivity contribution in [3.05, 3.63) is 0 Å². The van der Waals surface area contributed by atoms with E-state index in [1.807, 2.05) is 0 Å². The van der Waals surface area contributed by atoms with Crippen LogP contribution in [-0.2, 0) is 0 Å². The van der Waals surface area contributed by atoms with Crippen molar-refractivity contribution in [2.24, 2.45) is 0 Å². The topological polar surface area (TPSA) is 69.2 Å². The van der Waals surface area contributed by atoms with E-state index in [1.165, 1.54) is 0 Å². The molecule has 3 nitrogen and oxygen atoms in total. The average Bonchev–Trinajstić information content (AvgIpc) is 0.722. The zero-order valence-corrected chi connectivity index (χ0v) is 9.22. The second kappa shape index (κ2) is 9.39. The number of rotatable bonds is 0. The van der Waals surface area contributed by atoms with Gasteiger partial charge in [0, 0.05) is 0 Å². The maximum atomic E-state index is 10.2. The van der Waals surface area contributed by atoms with Gasteiger partial charge in [-0.1, -0.05) is 9.14 Å². The summed E-state index contributed by atoms with van der Waals surface area (Å²) >= 11 is 0. The summed E-state index contributed by atoms with van der Waals surface area (Å²) in [5, 5.41) is 0. The minimum absolute atomic E-state index is 0. The summed E-state index contributed by atoms with van der Waals surface area (Å²) in [5.41, 5.74) is 0. The van der Waals surface area contributed by atoms with Crippen LogP contribution in [0.1, 0.15) is 0 Å². The molecule has 0 aliphatic carbocycles. The molecule has 0 atom stereocenters. The Kier molecular flexibility index (Phi) is 26.3. The molecule has 0 fully saturated rings. The van der Waals surface area contributed by atoms with Gasteiger partial charge in [-0.25, -0.2) is 0 Å². The molecule has 0 N–H and O–H groups in total. The van der Waals surface area contributed by atoms with Gasteiger partial charge in [-0.05, 0) is 0 Å². The van der Waals surface area contributed by atoms with E-state index in [0.717, 1.165) is 0 Å². The second-order valence-corrected chi connectivity index (χ2v) is 1.44. The molecule has 0 radical (unpaired) electrons. The Hall–Kier alpha value is 2.39. The third kappa shape index (κ3) is 80.2. The van der Waals surface area contributed by atoms with Crippen LogP contribution >= 0.6 is 0 Å². The van der Waals surface area contributed by atoms with E-state index in [4.69, 9.17) is 14.4 Å². The van der Waals surface area contributed by atoms with Crippen LogP contribution < -0.4 is 62.8 Å². The maximum absolute atomic E-state index is 10.2. The Bertz CT molecular complexity index is 34.8. The van der Waals surface area contributed by atoms with Crippen molar-refractivity contribution in [2.75, 3.05) is 0 Å². The Morgan fingerprint density at radius 2 is 1.12 bits per heavy atom. The summed E-state index contributed by atoms with van der Waals surface area (Å²) in [6.45, 7) is 0. The SMILES string of the molecule is [Li+].[Mg+2].[Na+].[O-][Si]([O-])([O-])F. The Morgan fingerprint density at radius 3 is 1.12 bits per heavy atom. The van der Waals surface area contributed by atoms with Crippen LogP contribution in [0.15, 0.2) is 0 Å². The third-order valence-electron chi connectivity index (χ3n) is 0. The fraction of sp³-hybridized carbons (Fsp3) is 0. The predicted molar refractivity (Wildman–Crippen MR) is 12.6 cm³/mol. The molecule has 0 aliphatic heterocycles. The van der Waals surface area contributed by atoms with Gasteiger partial charge in [-0.2, -0.15) is 0 Å². The molecule has 0 aromatic heterocycles. The largest absolute Gasteiger partial charge is 2.00 e. The average molecular weight is 149 g/mol. The van der Waals surface area contributed by atoms with Crippen molar-refractivity contribution in [3.63, 3.8) is 0 Å². The van der Waals surface area contributed by atoms with Crippen molar-refractivity contribution in [2.45, 2.75) is 0 Å². The fourth-order valence-electron chi connectivity index (χ4n) is 0. The van der Waals surface area contributed by atoms with Gasteiger partial charge >= 0.3 is 71.5 Å². The first-order valence-electron chi connectivity index (χ1n) is 0.801. The van der Waals surface area contributed by atoms with E-state index in [9.17, 15) is 4.11 Å². The van der Waals surface area contributed by atoms with Crippen LogP contribution in [-0.4, -0.2) is 32.2 Å². The van der Waals surface area contributed by atoms with E-state index in [2.05, 4.69) is 0 Å². The molecule has 0 unspecified atom stereocenters. The molecule has 0 heterocycles. The first-order chi connectivity index (χ1) is 2.00. The van der Waals surface area contributed by atoms with Crippen molar-refractivity contribution in [1.29, 1.82) is 0 Å². The summed E-state index contributed by atoms with van der Waals surface area (Å²) in [6.07, 6.45) is 0. The van der Waals surface area contributed by atoms with Gasteiger partial charge in [-0.3, -0.25) is 0 Å². The molecular formula is FLiMgNaO3Si+. The number of halogens is 1. The quantitative estimate of drug-likeness (QED) is 0.254. The summed E-state index contributed by atoms with van der Waals surface area (Å²) in [5.74, 6) is 0. The monoisotopic (exact) mass is 149 g/mol. The van der Waals surface area contributed by atoms with E-state index in [1.54, 1.807) is 0 Å². The van der Waals surface area contributed by atoms with Crippen molar-refractivity contribution in [3.8, 4) is 0 Å². The molecule has 0 amide bonds. The zero-order valence-electron chi connectivity index (χ0n) is 4.81. The molecule has 8 heteroatoms. The Morgan fingerprint density at radius 1 is 1.12 bits per heavy atom. The number of hydrogen-bond acceptors (Lipinski definition) is 3. The van der Waals surface area contributed by atoms with E-state index in [0.29, 0.717) is 0 Å². The predicted octanol–water partition coefficient (Wildman–Crippen LogP) is -9.90. The zero-order chi connectivity index (χ0) is 4.50. The molecule has 0 aliphatic rings. The molecule has 8 heavy (non-hydrogen) atoms. The smallest absolute Gasteiger partial charge is 0.857 e. The van der Waals surface area contributed by atoms with Crippen molar-refractivity contribution in [1.82, 2.24) is 0 Å². The molecule has 0 spiro atoms. The molecule has 0 aromatic rings. The molecule has 0 saturated heterocycles. The van der Waals surface area contributed by atoms with Crippen LogP contribution in [0, 0.1) is 0 Å². The Labute approximate surface area is 97.8 Å². The summed E-state index contributed by atoms with van der Waals surface area (Å²) < 4.78 is 10.2. The van der Waals surface area contributed by atoms with E-state index >= 15 is 0 Å². The van der Waals surface area contributed by atoms with Crippen LogP contribution in [0.25, 0.3) is 0 Å². The van der Waals surface area contributed by atoms with Crippen LogP contribution in [0.2, 0.25) is 0 Å². The second-order valence-electron chi connectivity index (χ2n) is 0.481. The number of hydrogen-bond donors (Lipinski definition) is 0. The Balaban J connectivity index is -0.0000000267. The van der Waals surface area contributed by atoms with Crippen LogP contribution in [0.5, 0.6) is 0 Å². The molecule has 0 saturated carbocycles. The normalized spacial score (nSPS) is 7.50. The maximum Gasteiger partial charge on any atom is 2.00 e. The summed E-state index contributed by atoms with van der Waals surface area (Å²) in [7, 11) is -5.86. The van der Waals surface area contributed by atoms with Crippen molar-refractivity contribution < 1.29 is 66.9 Å². The van der Waals surface area contributed by atoms with E-state index < -0.39 is 9.14 Å². The summed E-state index contributed by atoms with van der Waals surface area (Å²) in [6, 6.07) is 0. The van der Waals surface area contributed by atoms with Crippen LogP contribution in [0.3, 0.4) is 0 Å². The van der Waals surface area contributed by atoms with Gasteiger partial charge in [0.15, 0.2) is 0 Å². The molecule has 0 bridgehead atoms. The molecule has 0 rings (SSSR count). The van der Waals surface area contributed by atoms with Gasteiger partial charge in [0.25, 0.3) is 0 Å². The van der Waals surface area contributed by atoms with Gasteiger partial charge in [0.1, 0.15) is 0 Å². The van der Waals surface area contributed by atoms with Gasteiger partial charge in [0.2, 0.25) is 0 Å². The molecular weight excluding hydrogens is 149 g/mol. The summed E-state index contributed by atoms with van der Waals surface area (Å²) in [4.78, 5) is 25.4. The third-order valence-corrected chi connectivity index (χ3v) is 0. The van der Waals surface area contributed by atoms with E-state index in [-0.39, 0.29) is 71.5 Å². The fourth-order valence-corrected chi connectivity index (χ4v) is 0. The van der Waals surface area contributed by atoms with Crippen molar-refractivity contribution >= 4 is 32.2 Å². The standard InChI is InChI=1S/FO3Si.Li.Mg.Na/c1-5(2,3)4;;;/q-3;+1;+2;+1. The molecule has 32 valence electrons. The minimum Gasteiger partial charge on any atom is -0.857 e. The first-order valence-corrected chi connectivity index (χ1v) is 2.40. The first kappa shape index (κ1) is 22.4. The minimum atomic E-state index is -5.86. The van der Waals surface area contributed by atoms with Crippen LogP contribution in [0.4, 0.5) is 4.11 Å².